The van der Waals surface area contributed by atoms with E-state index < -0.39 is 11.6 Å². The zero-order chi connectivity index (χ0) is 29.6. The van der Waals surface area contributed by atoms with Gasteiger partial charge in [-0.2, -0.15) is 0 Å². The first-order chi connectivity index (χ1) is 21.4. The Labute approximate surface area is 251 Å². The van der Waals surface area contributed by atoms with Crippen LogP contribution < -0.4 is 0 Å². The van der Waals surface area contributed by atoms with Crippen molar-refractivity contribution in [1.29, 1.82) is 0 Å². The largest absolute Gasteiger partial charge is 0.480 e. The van der Waals surface area contributed by atoms with Gasteiger partial charge in [0.2, 0.25) is 35.4 Å². The van der Waals surface area contributed by atoms with Gasteiger partial charge in [0.1, 0.15) is 65.7 Å². The van der Waals surface area contributed by atoms with Gasteiger partial charge in [0.15, 0.2) is 34.4 Å². The van der Waals surface area contributed by atoms with Crippen LogP contribution in [0.5, 0.6) is 0 Å². The topological polar surface area (TPSA) is 186 Å². The van der Waals surface area contributed by atoms with Crippen LogP contribution in [0.2, 0.25) is 0 Å². The fourth-order valence-corrected chi connectivity index (χ4v) is 6.11. The molecule has 0 radical (unpaired) electrons. The quantitative estimate of drug-likeness (QED) is 0.227. The third kappa shape index (κ3) is 3.90. The number of fused-ring (bicyclic) bond motifs is 1. The monoisotopic (exact) mass is 612 g/mol. The summed E-state index contributed by atoms with van der Waals surface area (Å²) in [5.74, 6) is 3.60. The van der Waals surface area contributed by atoms with Gasteiger partial charge in [0.05, 0.1) is 6.21 Å². The van der Waals surface area contributed by atoms with Gasteiger partial charge in [-0.15, -0.1) is 11.8 Å². The average molecular weight is 613 g/mol. The molecule has 0 spiro atoms. The molecule has 0 aromatic carbocycles. The lowest BCUT2D eigenvalue weighted by atomic mass is 10.1. The van der Waals surface area contributed by atoms with E-state index in [1.54, 1.807) is 19.4 Å². The van der Waals surface area contributed by atoms with Crippen LogP contribution >= 0.6 is 11.8 Å². The molecule has 220 valence electrons. The summed E-state index contributed by atoms with van der Waals surface area (Å²) in [6, 6.07) is -0.306. The summed E-state index contributed by atoms with van der Waals surface area (Å²) in [7, 11) is 0. The first-order valence-electron chi connectivity index (χ1n) is 13.6. The zero-order valence-corrected chi connectivity index (χ0v) is 24.1. The summed E-state index contributed by atoms with van der Waals surface area (Å²) < 4.78 is 41.1. The number of allylic oxidation sites excluding steroid dienone is 1. The maximum Gasteiger partial charge on any atom is 0.249 e. The van der Waals surface area contributed by atoms with Gasteiger partial charge in [-0.1, -0.05) is 0 Å². The normalized spacial score (nSPS) is 23.6. The van der Waals surface area contributed by atoms with Crippen LogP contribution in [0.25, 0.3) is 28.9 Å². The third-order valence-electron chi connectivity index (χ3n) is 7.43. The summed E-state index contributed by atoms with van der Waals surface area (Å²) in [5.41, 5.74) is 1.88. The van der Waals surface area contributed by atoms with Gasteiger partial charge >= 0.3 is 0 Å². The number of ether oxygens (including phenoxy) is 2. The van der Waals surface area contributed by atoms with Crippen LogP contribution in [0.3, 0.4) is 0 Å². The highest BCUT2D eigenvalue weighted by molar-refractivity contribution is 8.14. The number of rotatable bonds is 0. The van der Waals surface area contributed by atoms with E-state index in [2.05, 4.69) is 24.9 Å². The Kier molecular flexibility index (Phi) is 5.24. The van der Waals surface area contributed by atoms with Crippen molar-refractivity contribution in [3.8, 4) is 23.2 Å². The van der Waals surface area contributed by atoms with Crippen molar-refractivity contribution in [2.24, 2.45) is 15.0 Å². The van der Waals surface area contributed by atoms with E-state index >= 15 is 0 Å². The van der Waals surface area contributed by atoms with Crippen molar-refractivity contribution in [2.45, 2.75) is 38.5 Å². The van der Waals surface area contributed by atoms with E-state index in [9.17, 15) is 0 Å². The molecule has 5 aliphatic rings. The summed E-state index contributed by atoms with van der Waals surface area (Å²) >= 11 is 1.54. The highest BCUT2D eigenvalue weighted by atomic mass is 32.2. The molecular weight excluding hydrogens is 592 g/mol. The van der Waals surface area contributed by atoms with E-state index in [0.717, 1.165) is 0 Å². The van der Waals surface area contributed by atoms with Crippen molar-refractivity contribution in [3.63, 3.8) is 0 Å². The number of oxazole rings is 5. The molecule has 16 bridgehead atoms. The van der Waals surface area contributed by atoms with Gasteiger partial charge in [0, 0.05) is 5.75 Å². The molecule has 0 amide bonds. The van der Waals surface area contributed by atoms with E-state index in [4.69, 9.17) is 46.5 Å². The maximum atomic E-state index is 6.18. The van der Waals surface area contributed by atoms with E-state index in [1.165, 1.54) is 30.6 Å². The number of nitrogens with zero attached hydrogens (tertiary/aromatic N) is 8. The Bertz CT molecular complexity index is 2090. The minimum absolute atomic E-state index is 0.179. The van der Waals surface area contributed by atoms with Gasteiger partial charge in [0.25, 0.3) is 0 Å². The minimum Gasteiger partial charge on any atom is -0.480 e. The molecule has 3 atom stereocenters. The molecule has 44 heavy (non-hydrogen) atoms. The second-order valence-electron chi connectivity index (χ2n) is 10.6. The first-order valence-corrected chi connectivity index (χ1v) is 14.6. The highest BCUT2D eigenvalue weighted by Crippen LogP contribution is 2.38. The number of hydrogen-bond acceptors (Lipinski definition) is 16. The van der Waals surface area contributed by atoms with Crippen LogP contribution in [0.1, 0.15) is 66.5 Å². The lowest BCUT2D eigenvalue weighted by molar-refractivity contribution is 0.169. The van der Waals surface area contributed by atoms with Crippen LogP contribution in [0.4, 0.5) is 0 Å². The Morgan fingerprint density at radius 2 is 1.57 bits per heavy atom. The second kappa shape index (κ2) is 9.12. The molecule has 0 saturated carbocycles. The molecule has 0 saturated heterocycles. The lowest BCUT2D eigenvalue weighted by Crippen LogP contribution is -2.21. The standard InChI is InChI=1S/C28H20N8O7S/c1-11-19-18-4-29-20(12(2)42-18)25-31-13(5-39-25)21-30-15(6-37-21)24-36-28(3,10-41-24)27-34-14(7-40-27)22-32-16(8-38-22)26-33-17(9-44-26)23(35-19)43-11/h4-8,17-18H,9-10H2,1-3H3. The molecule has 0 N–H and O–H groups in total. The smallest absolute Gasteiger partial charge is 0.249 e. The van der Waals surface area contributed by atoms with E-state index in [0.29, 0.717) is 68.3 Å². The van der Waals surface area contributed by atoms with Crippen LogP contribution in [-0.4, -0.2) is 54.4 Å². The summed E-state index contributed by atoms with van der Waals surface area (Å²) in [6.07, 6.45) is 6.97. The van der Waals surface area contributed by atoms with Gasteiger partial charge in [-0.05, 0) is 20.8 Å². The zero-order valence-electron chi connectivity index (χ0n) is 23.3. The summed E-state index contributed by atoms with van der Waals surface area (Å²) in [5, 5.41) is 0.707. The molecule has 15 nitrogen and oxygen atoms in total. The maximum absolute atomic E-state index is 6.18. The summed E-state index contributed by atoms with van der Waals surface area (Å²) in [6.45, 7) is 5.65. The fourth-order valence-electron chi connectivity index (χ4n) is 5.14. The van der Waals surface area contributed by atoms with Crippen molar-refractivity contribution in [2.75, 3.05) is 12.4 Å². The number of aliphatic imine (C=N–C) groups is 3. The van der Waals surface area contributed by atoms with Crippen LogP contribution in [0, 0.1) is 6.92 Å². The molecule has 0 fully saturated rings. The van der Waals surface area contributed by atoms with Gasteiger partial charge in [-0.3, -0.25) is 4.99 Å². The number of aromatic nitrogens is 5. The highest BCUT2D eigenvalue weighted by Gasteiger charge is 2.40. The second-order valence-corrected chi connectivity index (χ2v) is 11.6. The molecule has 0 aliphatic carbocycles. The summed E-state index contributed by atoms with van der Waals surface area (Å²) in [4.78, 5) is 37.1. The predicted octanol–water partition coefficient (Wildman–Crippen LogP) is 5.04. The fraction of sp³-hybridized carbons (Fsp3) is 0.286. The van der Waals surface area contributed by atoms with Crippen molar-refractivity contribution in [1.82, 2.24) is 24.9 Å². The first kappa shape index (κ1) is 25.3. The molecular formula is C28H20N8O7S. The Morgan fingerprint density at radius 1 is 0.841 bits per heavy atom. The van der Waals surface area contributed by atoms with Crippen LogP contribution in [0.15, 0.2) is 67.9 Å². The van der Waals surface area contributed by atoms with E-state index in [-0.39, 0.29) is 36.2 Å². The molecule has 5 aromatic rings. The van der Waals surface area contributed by atoms with E-state index in [1.807, 2.05) is 13.8 Å². The van der Waals surface area contributed by atoms with Crippen molar-refractivity contribution < 1.29 is 31.6 Å². The molecule has 3 unspecified atom stereocenters. The van der Waals surface area contributed by atoms with Crippen molar-refractivity contribution >= 4 is 34.6 Å². The Balaban J connectivity index is 1.14. The molecule has 5 aromatic heterocycles. The average Bonchev–Trinajstić information content (AvgIpc) is 3.85. The third-order valence-corrected chi connectivity index (χ3v) is 8.50. The Morgan fingerprint density at radius 3 is 2.43 bits per heavy atom. The molecule has 10 rings (SSSR count). The van der Waals surface area contributed by atoms with Gasteiger partial charge < -0.3 is 31.6 Å². The number of aryl methyl sites for hydroxylation is 1. The van der Waals surface area contributed by atoms with Gasteiger partial charge in [-0.25, -0.2) is 34.9 Å². The minimum atomic E-state index is -0.915. The predicted molar refractivity (Wildman–Crippen MR) is 152 cm³/mol. The number of thioether (sulfide) groups is 1. The number of hydrogen-bond donors (Lipinski definition) is 0. The molecule has 16 heteroatoms. The lowest BCUT2D eigenvalue weighted by Gasteiger charge is -2.19. The van der Waals surface area contributed by atoms with Crippen LogP contribution in [-0.2, 0) is 15.0 Å². The Hall–Kier alpha value is -5.25. The molecule has 10 heterocycles. The molecule has 5 aliphatic heterocycles. The SMILES string of the molecule is CC1=C2N=CC(O1)c1nc(oc1C)C1CSC(=N1)c1coc(n1)-c1coc(n1)C1(C)COC(=N1)c1coc(n1)-c1coc2n1. The van der Waals surface area contributed by atoms with Crippen molar-refractivity contribution in [3.05, 3.63) is 71.3 Å².